The third-order valence-corrected chi connectivity index (χ3v) is 6.82. The molecule has 3 heterocycles. The zero-order valence-corrected chi connectivity index (χ0v) is 17.4. The first-order chi connectivity index (χ1) is 13.8. The molecule has 2 fully saturated rings. The van der Waals surface area contributed by atoms with Gasteiger partial charge in [-0.1, -0.05) is 0 Å². The maximum atomic E-state index is 13.2. The molecule has 10 nitrogen and oxygen atoms in total. The number of nitrogens with one attached hydrogen (secondary N) is 1. The maximum Gasteiger partial charge on any atom is 0.339 e. The van der Waals surface area contributed by atoms with Crippen LogP contribution in [0.4, 0.5) is 5.82 Å². The zero-order valence-electron chi connectivity index (χ0n) is 16.6. The van der Waals surface area contributed by atoms with Crippen LogP contribution in [0.15, 0.2) is 17.2 Å². The molecule has 2 aliphatic rings. The van der Waals surface area contributed by atoms with Gasteiger partial charge in [0.05, 0.1) is 25.9 Å². The monoisotopic (exact) mass is 426 g/mol. The van der Waals surface area contributed by atoms with Crippen molar-refractivity contribution in [2.24, 2.45) is 0 Å². The molecule has 1 aromatic rings. The smallest absolute Gasteiger partial charge is 0.339 e. The summed E-state index contributed by atoms with van der Waals surface area (Å²) >= 11 is 0. The summed E-state index contributed by atoms with van der Waals surface area (Å²) in [5.41, 5.74) is 0.0484. The van der Waals surface area contributed by atoms with E-state index in [2.05, 4.69) is 10.3 Å². The van der Waals surface area contributed by atoms with E-state index in [9.17, 15) is 18.0 Å². The molecule has 1 amide bonds. The highest BCUT2D eigenvalue weighted by Crippen LogP contribution is 2.26. The van der Waals surface area contributed by atoms with Crippen LogP contribution < -0.4 is 5.32 Å². The number of rotatable bonds is 7. The topological polar surface area (TPSA) is 118 Å². The second-order valence-electron chi connectivity index (χ2n) is 7.07. The number of carbonyl (C=O) groups is 2. The molecule has 0 aromatic carbocycles. The van der Waals surface area contributed by atoms with Gasteiger partial charge < -0.3 is 19.7 Å². The molecule has 0 radical (unpaired) electrons. The van der Waals surface area contributed by atoms with Gasteiger partial charge >= 0.3 is 5.97 Å². The lowest BCUT2D eigenvalue weighted by molar-refractivity contribution is -0.127. The minimum Gasteiger partial charge on any atom is -0.465 e. The fraction of sp³-hybridized carbons (Fsp3) is 0.611. The summed E-state index contributed by atoms with van der Waals surface area (Å²) in [6.45, 7) is 4.05. The molecule has 2 aliphatic heterocycles. The highest BCUT2D eigenvalue weighted by molar-refractivity contribution is 7.89. The Morgan fingerprint density at radius 3 is 2.69 bits per heavy atom. The number of methoxy groups -OCH3 is 1. The minimum atomic E-state index is -3.90. The van der Waals surface area contributed by atoms with Crippen LogP contribution in [0, 0.1) is 0 Å². The number of anilines is 1. The summed E-state index contributed by atoms with van der Waals surface area (Å²) in [5.74, 6) is -0.435. The van der Waals surface area contributed by atoms with Crippen LogP contribution in [0.25, 0.3) is 0 Å². The van der Waals surface area contributed by atoms with Crippen molar-refractivity contribution < 1.29 is 27.5 Å². The number of pyridine rings is 1. The average molecular weight is 426 g/mol. The average Bonchev–Trinajstić information content (AvgIpc) is 3.12. The van der Waals surface area contributed by atoms with Gasteiger partial charge in [0.1, 0.15) is 10.7 Å². The first-order valence-corrected chi connectivity index (χ1v) is 11.0. The van der Waals surface area contributed by atoms with E-state index in [1.807, 2.05) is 6.92 Å². The Morgan fingerprint density at radius 1 is 1.34 bits per heavy atom. The number of aromatic nitrogens is 1. The Labute approximate surface area is 170 Å². The number of esters is 1. The van der Waals surface area contributed by atoms with E-state index in [0.29, 0.717) is 32.7 Å². The number of nitrogens with zero attached hydrogens (tertiary/aromatic N) is 3. The number of hydrogen-bond acceptors (Lipinski definition) is 8. The van der Waals surface area contributed by atoms with Gasteiger partial charge in [-0.2, -0.15) is 4.31 Å². The number of sulfonamides is 1. The van der Waals surface area contributed by atoms with Crippen molar-refractivity contribution in [3.05, 3.63) is 17.8 Å². The summed E-state index contributed by atoms with van der Waals surface area (Å²) in [6.07, 6.45) is 2.64. The molecule has 0 aliphatic carbocycles. The molecular weight excluding hydrogens is 400 g/mol. The number of amides is 1. The van der Waals surface area contributed by atoms with Crippen molar-refractivity contribution in [1.82, 2.24) is 14.2 Å². The molecule has 3 rings (SSSR count). The predicted molar refractivity (Wildman–Crippen MR) is 104 cm³/mol. The Morgan fingerprint density at radius 2 is 2.07 bits per heavy atom. The normalized spacial score (nSPS) is 19.2. The lowest BCUT2D eigenvalue weighted by Gasteiger charge is -2.28. The van der Waals surface area contributed by atoms with Crippen LogP contribution >= 0.6 is 0 Å². The van der Waals surface area contributed by atoms with Gasteiger partial charge in [-0.3, -0.25) is 4.79 Å². The maximum absolute atomic E-state index is 13.2. The van der Waals surface area contributed by atoms with E-state index >= 15 is 0 Å². The summed E-state index contributed by atoms with van der Waals surface area (Å²) < 4.78 is 37.7. The van der Waals surface area contributed by atoms with Crippen molar-refractivity contribution in [3.63, 3.8) is 0 Å². The quantitative estimate of drug-likeness (QED) is 0.619. The molecule has 1 N–H and O–H groups in total. The summed E-state index contributed by atoms with van der Waals surface area (Å²) in [5, 5.41) is 3.09. The lowest BCUT2D eigenvalue weighted by Crippen LogP contribution is -2.41. The van der Waals surface area contributed by atoms with Crippen LogP contribution in [0.5, 0.6) is 0 Å². The molecule has 0 saturated carbocycles. The van der Waals surface area contributed by atoms with Gasteiger partial charge in [0.2, 0.25) is 15.9 Å². The first kappa shape index (κ1) is 21.5. The van der Waals surface area contributed by atoms with Crippen LogP contribution in [0.3, 0.4) is 0 Å². The fourth-order valence-electron chi connectivity index (χ4n) is 3.41. The predicted octanol–water partition coefficient (Wildman–Crippen LogP) is 0.312. The number of carbonyl (C=O) groups excluding carboxylic acids is 2. The number of ether oxygens (including phenoxy) is 2. The largest absolute Gasteiger partial charge is 0.465 e. The highest BCUT2D eigenvalue weighted by Gasteiger charge is 2.31. The van der Waals surface area contributed by atoms with Gasteiger partial charge in [0, 0.05) is 44.8 Å². The molecule has 0 unspecified atom stereocenters. The molecule has 29 heavy (non-hydrogen) atoms. The molecule has 0 bridgehead atoms. The van der Waals surface area contributed by atoms with Crippen molar-refractivity contribution in [2.45, 2.75) is 30.7 Å². The van der Waals surface area contributed by atoms with Gasteiger partial charge in [0.15, 0.2) is 0 Å². The molecular formula is C18H26N4O6S. The van der Waals surface area contributed by atoms with Crippen LogP contribution in [-0.2, 0) is 24.3 Å². The van der Waals surface area contributed by atoms with Crippen molar-refractivity contribution >= 4 is 27.7 Å². The lowest BCUT2D eigenvalue weighted by atomic mass is 10.2. The number of morpholine rings is 1. The van der Waals surface area contributed by atoms with E-state index in [4.69, 9.17) is 9.47 Å². The summed E-state index contributed by atoms with van der Waals surface area (Å²) in [4.78, 5) is 29.6. The first-order valence-electron chi connectivity index (χ1n) is 9.53. The van der Waals surface area contributed by atoms with E-state index in [1.54, 1.807) is 4.90 Å². The van der Waals surface area contributed by atoms with Gasteiger partial charge in [0.25, 0.3) is 0 Å². The molecule has 2 saturated heterocycles. The van der Waals surface area contributed by atoms with Crippen molar-refractivity contribution in [3.8, 4) is 0 Å². The standard InChI is InChI=1S/C18H26N4O6S/c1-13(12-21-5-3-4-16(21)23)20-17-15(10-14(11-19-17)18(24)27-2)29(25,26)22-6-8-28-9-7-22/h10-11,13H,3-9,12H2,1-2H3,(H,19,20)/t13-/m0/s1. The molecule has 160 valence electrons. The Balaban J connectivity index is 1.89. The minimum absolute atomic E-state index is 0.0484. The molecule has 11 heteroatoms. The third-order valence-electron chi connectivity index (χ3n) is 4.91. The molecule has 1 atom stereocenters. The van der Waals surface area contributed by atoms with Gasteiger partial charge in [-0.05, 0) is 19.4 Å². The van der Waals surface area contributed by atoms with E-state index < -0.39 is 16.0 Å². The summed E-state index contributed by atoms with van der Waals surface area (Å²) in [7, 11) is -2.68. The second-order valence-corrected chi connectivity index (χ2v) is 8.97. The fourth-order valence-corrected chi connectivity index (χ4v) is 4.95. The number of hydrogen-bond donors (Lipinski definition) is 1. The van der Waals surface area contributed by atoms with Gasteiger partial charge in [-0.25, -0.2) is 18.2 Å². The van der Waals surface area contributed by atoms with Crippen LogP contribution in [0.2, 0.25) is 0 Å². The highest BCUT2D eigenvalue weighted by atomic mass is 32.2. The van der Waals surface area contributed by atoms with Crippen molar-refractivity contribution in [2.75, 3.05) is 51.8 Å². The van der Waals surface area contributed by atoms with E-state index in [1.165, 1.54) is 23.7 Å². The Hall–Kier alpha value is -2.24. The molecule has 0 spiro atoms. The Kier molecular flexibility index (Phi) is 6.70. The SMILES string of the molecule is COC(=O)c1cnc(N[C@@H](C)CN2CCCC2=O)c(S(=O)(=O)N2CCOCC2)c1. The van der Waals surface area contributed by atoms with Gasteiger partial charge in [-0.15, -0.1) is 0 Å². The van der Waals surface area contributed by atoms with Crippen LogP contribution in [0.1, 0.15) is 30.1 Å². The zero-order chi connectivity index (χ0) is 21.0. The molecule has 1 aromatic heterocycles. The van der Waals surface area contributed by atoms with E-state index in [-0.39, 0.29) is 41.3 Å². The van der Waals surface area contributed by atoms with Crippen LogP contribution in [-0.4, -0.2) is 87.0 Å². The Bertz CT molecular complexity index is 869. The summed E-state index contributed by atoms with van der Waals surface area (Å²) in [6, 6.07) is 1.05. The number of likely N-dealkylation sites (tertiary alicyclic amines) is 1. The van der Waals surface area contributed by atoms with E-state index in [0.717, 1.165) is 6.42 Å². The van der Waals surface area contributed by atoms with Crippen molar-refractivity contribution in [1.29, 1.82) is 0 Å². The second kappa shape index (κ2) is 9.06. The third kappa shape index (κ3) is 4.85.